The number of carbonyl (C=O) groups excluding carboxylic acids is 2. The first-order valence-electron chi connectivity index (χ1n) is 13.1. The van der Waals surface area contributed by atoms with Crippen LogP contribution < -0.4 is 15.0 Å². The average Bonchev–Trinajstić information content (AvgIpc) is 3.59. The number of nitrogens with one attached hydrogen (secondary N) is 1. The van der Waals surface area contributed by atoms with Gasteiger partial charge in [-0.3, -0.25) is 9.69 Å². The van der Waals surface area contributed by atoms with Gasteiger partial charge >= 0.3 is 12.4 Å². The Balaban J connectivity index is 1.28. The van der Waals surface area contributed by atoms with Crippen LogP contribution in [0.3, 0.4) is 0 Å². The summed E-state index contributed by atoms with van der Waals surface area (Å²) in [7, 11) is 0. The van der Waals surface area contributed by atoms with E-state index in [9.17, 15) is 28.0 Å². The molecular weight excluding hydrogens is 595 g/mol. The number of halogens is 3. The lowest BCUT2D eigenvalue weighted by molar-refractivity contribution is -0.274. The number of ether oxygens (including phenoxy) is 1. The summed E-state index contributed by atoms with van der Waals surface area (Å²) in [5.74, 6) is -0.0655. The van der Waals surface area contributed by atoms with Gasteiger partial charge in [-0.2, -0.15) is 10.3 Å². The number of carbonyl (C=O) groups is 2. The zero-order valence-electron chi connectivity index (χ0n) is 23.6. The zero-order valence-corrected chi connectivity index (χ0v) is 24.4. The van der Waals surface area contributed by atoms with Gasteiger partial charge in [0.15, 0.2) is 11.0 Å². The molecule has 4 aromatic rings. The molecule has 2 heterocycles. The van der Waals surface area contributed by atoms with E-state index in [4.69, 9.17) is 0 Å². The first-order valence-corrected chi connectivity index (χ1v) is 14.1. The number of nitrogens with zero attached hydrogens (tertiary/aromatic N) is 6. The molecule has 1 saturated heterocycles. The maximum atomic E-state index is 12.9. The van der Waals surface area contributed by atoms with Crippen LogP contribution >= 0.6 is 11.8 Å². The number of aliphatic imine (C=N–C) groups is 1. The van der Waals surface area contributed by atoms with Crippen molar-refractivity contribution in [3.8, 4) is 28.9 Å². The van der Waals surface area contributed by atoms with Crippen molar-refractivity contribution in [3.63, 3.8) is 0 Å². The van der Waals surface area contributed by atoms with E-state index < -0.39 is 18.4 Å². The molecule has 5 rings (SSSR count). The van der Waals surface area contributed by atoms with Crippen molar-refractivity contribution >= 4 is 34.6 Å². The topological polar surface area (TPSA) is 126 Å². The molecular formula is C30H24F3N7O3S. The number of aromatic nitrogens is 3. The fourth-order valence-electron chi connectivity index (χ4n) is 4.77. The Morgan fingerprint density at radius 2 is 1.75 bits per heavy atom. The number of hydrogen-bond donors (Lipinski definition) is 1. The van der Waals surface area contributed by atoms with Crippen molar-refractivity contribution < 1.29 is 27.5 Å². The SMILES string of the molecule is Cc1cc(C)c(N2C(=O)CS/C2=N\C(=O)NC(C#N)c2ccc(-c3ncn(-c4ccc(OC(F)(F)F)cc4)n3)cc2)c(C)c1. The second kappa shape index (κ2) is 12.2. The van der Waals surface area contributed by atoms with E-state index >= 15 is 0 Å². The number of alkyl halides is 3. The Kier molecular flexibility index (Phi) is 8.41. The number of amides is 3. The number of benzene rings is 3. The Bertz CT molecular complexity index is 1770. The van der Waals surface area contributed by atoms with Gasteiger partial charge in [0, 0.05) is 5.56 Å². The van der Waals surface area contributed by atoms with Gasteiger partial charge in [0.1, 0.15) is 18.1 Å². The van der Waals surface area contributed by atoms with Crippen molar-refractivity contribution in [1.29, 1.82) is 5.26 Å². The lowest BCUT2D eigenvalue weighted by atomic mass is 10.0. The molecule has 1 atom stereocenters. The summed E-state index contributed by atoms with van der Waals surface area (Å²) < 4.78 is 42.5. The third-order valence-corrected chi connectivity index (χ3v) is 7.47. The lowest BCUT2D eigenvalue weighted by Gasteiger charge is -2.21. The second-order valence-electron chi connectivity index (χ2n) is 9.85. The maximum absolute atomic E-state index is 12.9. The van der Waals surface area contributed by atoms with Crippen LogP contribution in [0.4, 0.5) is 23.7 Å². The second-order valence-corrected chi connectivity index (χ2v) is 10.8. The monoisotopic (exact) mass is 619 g/mol. The minimum absolute atomic E-state index is 0.142. The lowest BCUT2D eigenvalue weighted by Crippen LogP contribution is -2.33. The fourth-order valence-corrected chi connectivity index (χ4v) is 5.62. The third-order valence-electron chi connectivity index (χ3n) is 6.55. The molecule has 3 amide bonds. The van der Waals surface area contributed by atoms with Crippen molar-refractivity contribution in [3.05, 3.63) is 89.2 Å². The molecule has 224 valence electrons. The average molecular weight is 620 g/mol. The summed E-state index contributed by atoms with van der Waals surface area (Å²) in [6, 6.07) is 16.0. The molecule has 0 bridgehead atoms. The predicted octanol–water partition coefficient (Wildman–Crippen LogP) is 6.17. The summed E-state index contributed by atoms with van der Waals surface area (Å²) in [6.07, 6.45) is -3.37. The number of nitriles is 1. The van der Waals surface area contributed by atoms with Crippen LogP contribution in [0.25, 0.3) is 17.1 Å². The van der Waals surface area contributed by atoms with Gasteiger partial charge < -0.3 is 10.1 Å². The molecule has 14 heteroatoms. The largest absolute Gasteiger partial charge is 0.573 e. The minimum Gasteiger partial charge on any atom is -0.406 e. The van der Waals surface area contributed by atoms with Crippen LogP contribution in [0, 0.1) is 32.1 Å². The molecule has 1 aliphatic rings. The van der Waals surface area contributed by atoms with Crippen molar-refractivity contribution in [2.75, 3.05) is 10.7 Å². The number of thioether (sulfide) groups is 1. The standard InChI is InChI=1S/C30H24F3N7O3S/c1-17-12-18(2)26(19(3)13-17)40-25(41)15-44-29(40)37-28(42)36-24(14-34)20-4-6-21(7-5-20)27-35-16-39(38-27)22-8-10-23(11-9-22)43-30(31,32)33/h4-13,16,24H,15H2,1-3H3,(H,36,42)/b37-29-. The van der Waals surface area contributed by atoms with Gasteiger partial charge in [0.05, 0.1) is 23.2 Å². The number of rotatable bonds is 6. The third kappa shape index (κ3) is 6.73. The number of urea groups is 1. The first kappa shape index (κ1) is 30.3. The molecule has 0 radical (unpaired) electrons. The Hall–Kier alpha value is -5.16. The Morgan fingerprint density at radius 3 is 2.36 bits per heavy atom. The maximum Gasteiger partial charge on any atom is 0.573 e. The fraction of sp³-hybridized carbons (Fsp3) is 0.200. The first-order chi connectivity index (χ1) is 20.9. The van der Waals surface area contributed by atoms with Gasteiger partial charge in [-0.1, -0.05) is 53.7 Å². The van der Waals surface area contributed by atoms with Gasteiger partial charge in [-0.15, -0.1) is 18.3 Å². The van der Waals surface area contributed by atoms with Gasteiger partial charge in [-0.05, 0) is 61.7 Å². The number of hydrogen-bond acceptors (Lipinski definition) is 7. The molecule has 1 unspecified atom stereocenters. The molecule has 0 aliphatic carbocycles. The van der Waals surface area contributed by atoms with E-state index in [1.807, 2.05) is 39.0 Å². The summed E-state index contributed by atoms with van der Waals surface area (Å²) >= 11 is 1.15. The van der Waals surface area contributed by atoms with Crippen LogP contribution in [0.2, 0.25) is 0 Å². The number of aryl methyl sites for hydroxylation is 3. The van der Waals surface area contributed by atoms with Crippen LogP contribution in [-0.2, 0) is 4.79 Å². The van der Waals surface area contributed by atoms with E-state index in [0.29, 0.717) is 28.3 Å². The highest BCUT2D eigenvalue weighted by Gasteiger charge is 2.33. The highest BCUT2D eigenvalue weighted by atomic mass is 32.2. The van der Waals surface area contributed by atoms with Crippen LogP contribution in [0.1, 0.15) is 28.3 Å². The zero-order chi connectivity index (χ0) is 31.6. The molecule has 1 fully saturated rings. The van der Waals surface area contributed by atoms with Gasteiger partial charge in [-0.25, -0.2) is 14.5 Å². The van der Waals surface area contributed by atoms with E-state index in [2.05, 4.69) is 25.1 Å². The Labute approximate surface area is 254 Å². The number of anilines is 1. The molecule has 1 aliphatic heterocycles. The van der Waals surface area contributed by atoms with E-state index in [-0.39, 0.29) is 22.6 Å². The van der Waals surface area contributed by atoms with E-state index in [0.717, 1.165) is 28.5 Å². The molecule has 1 N–H and O–H groups in total. The molecule has 44 heavy (non-hydrogen) atoms. The molecule has 0 saturated carbocycles. The van der Waals surface area contributed by atoms with Crippen molar-refractivity contribution in [2.24, 2.45) is 4.99 Å². The van der Waals surface area contributed by atoms with Crippen molar-refractivity contribution in [1.82, 2.24) is 20.1 Å². The van der Waals surface area contributed by atoms with Crippen LogP contribution in [-0.4, -0.2) is 44.0 Å². The minimum atomic E-state index is -4.79. The molecule has 1 aromatic heterocycles. The summed E-state index contributed by atoms with van der Waals surface area (Å²) in [5.41, 5.74) is 5.07. The molecule has 10 nitrogen and oxygen atoms in total. The highest BCUT2D eigenvalue weighted by molar-refractivity contribution is 8.15. The predicted molar refractivity (Wildman–Crippen MR) is 158 cm³/mol. The highest BCUT2D eigenvalue weighted by Crippen LogP contribution is 2.33. The van der Waals surface area contributed by atoms with E-state index in [1.165, 1.54) is 40.2 Å². The smallest absolute Gasteiger partial charge is 0.406 e. The van der Waals surface area contributed by atoms with Gasteiger partial charge in [0.25, 0.3) is 0 Å². The van der Waals surface area contributed by atoms with Crippen LogP contribution in [0.5, 0.6) is 5.75 Å². The van der Waals surface area contributed by atoms with Crippen molar-refractivity contribution in [2.45, 2.75) is 33.2 Å². The molecule has 0 spiro atoms. The summed E-state index contributed by atoms with van der Waals surface area (Å²) in [4.78, 5) is 35.4. The Morgan fingerprint density at radius 1 is 1.09 bits per heavy atom. The summed E-state index contributed by atoms with van der Waals surface area (Å²) in [5, 5.41) is 17.0. The summed E-state index contributed by atoms with van der Waals surface area (Å²) in [6.45, 7) is 5.76. The number of amidine groups is 1. The van der Waals surface area contributed by atoms with E-state index in [1.54, 1.807) is 24.3 Å². The quantitative estimate of drug-likeness (QED) is 0.274. The normalized spacial score (nSPS) is 14.9. The molecule has 3 aromatic carbocycles. The van der Waals surface area contributed by atoms with Gasteiger partial charge in [0.2, 0.25) is 5.91 Å². The van der Waals surface area contributed by atoms with Crippen LogP contribution in [0.15, 0.2) is 72.0 Å².